The van der Waals surface area contributed by atoms with Gasteiger partial charge in [-0.2, -0.15) is 0 Å². The molecule has 4 heteroatoms. The molecule has 1 unspecified atom stereocenters. The zero-order chi connectivity index (χ0) is 12.3. The summed E-state index contributed by atoms with van der Waals surface area (Å²) in [5, 5.41) is 5.67. The molecule has 0 saturated carbocycles. The lowest BCUT2D eigenvalue weighted by atomic mass is 10.1. The Bertz CT molecular complexity index is 493. The molecule has 0 bridgehead atoms. The second kappa shape index (κ2) is 5.38. The number of rotatable bonds is 4. The van der Waals surface area contributed by atoms with E-state index in [1.165, 1.54) is 10.4 Å². The van der Waals surface area contributed by atoms with Gasteiger partial charge in [0, 0.05) is 11.1 Å². The van der Waals surface area contributed by atoms with Gasteiger partial charge in [-0.3, -0.25) is 0 Å². The molecule has 0 aromatic carbocycles. The van der Waals surface area contributed by atoms with Crippen molar-refractivity contribution >= 4 is 11.3 Å². The third kappa shape index (κ3) is 2.90. The van der Waals surface area contributed by atoms with Gasteiger partial charge in [0.1, 0.15) is 5.82 Å². The average Bonchev–Trinajstić information content (AvgIpc) is 2.72. The van der Waals surface area contributed by atoms with E-state index >= 15 is 0 Å². The Labute approximate surface area is 106 Å². The molecular formula is C13H17N3S. The molecule has 0 amide bonds. The van der Waals surface area contributed by atoms with Crippen molar-refractivity contribution in [1.29, 1.82) is 0 Å². The second-order valence-corrected chi connectivity index (χ2v) is 5.13. The standard InChI is InChI=1S/C13H17N3S/c1-4-14-13(11-7-9(2)17-8-11)12-5-6-15-10(3)16-12/h5-8,13-14H,4H2,1-3H3. The van der Waals surface area contributed by atoms with Gasteiger partial charge in [0.15, 0.2) is 0 Å². The maximum Gasteiger partial charge on any atom is 0.125 e. The molecule has 2 heterocycles. The van der Waals surface area contributed by atoms with Gasteiger partial charge >= 0.3 is 0 Å². The predicted molar refractivity (Wildman–Crippen MR) is 71.3 cm³/mol. The van der Waals surface area contributed by atoms with Gasteiger partial charge < -0.3 is 5.32 Å². The molecule has 0 aliphatic rings. The molecule has 2 aromatic rings. The van der Waals surface area contributed by atoms with E-state index in [9.17, 15) is 0 Å². The summed E-state index contributed by atoms with van der Waals surface area (Å²) in [5.74, 6) is 0.817. The Morgan fingerprint density at radius 3 is 2.82 bits per heavy atom. The van der Waals surface area contributed by atoms with Gasteiger partial charge in [0.05, 0.1) is 11.7 Å². The first-order chi connectivity index (χ1) is 8.20. The summed E-state index contributed by atoms with van der Waals surface area (Å²) < 4.78 is 0. The molecule has 0 saturated heterocycles. The summed E-state index contributed by atoms with van der Waals surface area (Å²) in [6.45, 7) is 7.08. The maximum atomic E-state index is 4.51. The molecule has 1 atom stereocenters. The van der Waals surface area contributed by atoms with Crippen molar-refractivity contribution in [1.82, 2.24) is 15.3 Å². The monoisotopic (exact) mass is 247 g/mol. The predicted octanol–water partition coefficient (Wildman–Crippen LogP) is 2.85. The minimum absolute atomic E-state index is 0.173. The van der Waals surface area contributed by atoms with Crippen LogP contribution in [0.2, 0.25) is 0 Å². The summed E-state index contributed by atoms with van der Waals surface area (Å²) in [7, 11) is 0. The summed E-state index contributed by atoms with van der Waals surface area (Å²) in [6.07, 6.45) is 1.82. The topological polar surface area (TPSA) is 37.8 Å². The van der Waals surface area contributed by atoms with Crippen LogP contribution in [-0.4, -0.2) is 16.5 Å². The van der Waals surface area contributed by atoms with Crippen molar-refractivity contribution in [2.45, 2.75) is 26.8 Å². The van der Waals surface area contributed by atoms with Gasteiger partial charge in [0.25, 0.3) is 0 Å². The first-order valence-corrected chi connectivity index (χ1v) is 6.66. The van der Waals surface area contributed by atoms with Crippen molar-refractivity contribution in [3.8, 4) is 0 Å². The van der Waals surface area contributed by atoms with E-state index in [1.54, 1.807) is 11.3 Å². The van der Waals surface area contributed by atoms with Gasteiger partial charge in [-0.25, -0.2) is 9.97 Å². The number of thiophene rings is 1. The van der Waals surface area contributed by atoms with E-state index in [0.717, 1.165) is 18.1 Å². The summed E-state index contributed by atoms with van der Waals surface area (Å²) in [5.41, 5.74) is 2.32. The molecule has 0 radical (unpaired) electrons. The van der Waals surface area contributed by atoms with Gasteiger partial charge in [-0.1, -0.05) is 6.92 Å². The molecule has 0 fully saturated rings. The lowest BCUT2D eigenvalue weighted by Gasteiger charge is -2.16. The molecular weight excluding hydrogens is 230 g/mol. The zero-order valence-electron chi connectivity index (χ0n) is 10.4. The fourth-order valence-electron chi connectivity index (χ4n) is 1.85. The van der Waals surface area contributed by atoms with Crippen LogP contribution >= 0.6 is 11.3 Å². The fraction of sp³-hybridized carbons (Fsp3) is 0.385. The SMILES string of the molecule is CCNC(c1csc(C)c1)c1ccnc(C)n1. The molecule has 90 valence electrons. The van der Waals surface area contributed by atoms with Crippen molar-refractivity contribution in [3.63, 3.8) is 0 Å². The van der Waals surface area contributed by atoms with E-state index in [4.69, 9.17) is 0 Å². The number of nitrogens with zero attached hydrogens (tertiary/aromatic N) is 2. The maximum absolute atomic E-state index is 4.51. The van der Waals surface area contributed by atoms with E-state index in [-0.39, 0.29) is 6.04 Å². The zero-order valence-corrected chi connectivity index (χ0v) is 11.2. The third-order valence-electron chi connectivity index (χ3n) is 2.59. The van der Waals surface area contributed by atoms with Crippen molar-refractivity contribution in [2.24, 2.45) is 0 Å². The Kier molecular flexibility index (Phi) is 3.86. The highest BCUT2D eigenvalue weighted by atomic mass is 32.1. The smallest absolute Gasteiger partial charge is 0.125 e. The Balaban J connectivity index is 2.35. The number of hydrogen-bond donors (Lipinski definition) is 1. The van der Waals surface area contributed by atoms with Gasteiger partial charge in [-0.15, -0.1) is 11.3 Å². The van der Waals surface area contributed by atoms with Crippen LogP contribution < -0.4 is 5.32 Å². The number of hydrogen-bond acceptors (Lipinski definition) is 4. The lowest BCUT2D eigenvalue weighted by Crippen LogP contribution is -2.22. The van der Waals surface area contributed by atoms with E-state index in [1.807, 2.05) is 19.2 Å². The molecule has 1 N–H and O–H groups in total. The third-order valence-corrected chi connectivity index (χ3v) is 3.47. The molecule has 3 nitrogen and oxygen atoms in total. The Hall–Kier alpha value is -1.26. The van der Waals surface area contributed by atoms with Crippen LogP contribution in [0.25, 0.3) is 0 Å². The first-order valence-electron chi connectivity index (χ1n) is 5.78. The van der Waals surface area contributed by atoms with Gasteiger partial charge in [0.2, 0.25) is 0 Å². The van der Waals surface area contributed by atoms with Crippen molar-refractivity contribution in [3.05, 3.63) is 45.7 Å². The molecule has 0 aliphatic carbocycles. The Morgan fingerprint density at radius 2 is 2.24 bits per heavy atom. The fourth-order valence-corrected chi connectivity index (χ4v) is 2.58. The highest BCUT2D eigenvalue weighted by Crippen LogP contribution is 2.24. The summed E-state index contributed by atoms with van der Waals surface area (Å²) in [6, 6.07) is 4.37. The lowest BCUT2D eigenvalue weighted by molar-refractivity contribution is 0.613. The normalized spacial score (nSPS) is 12.6. The summed E-state index contributed by atoms with van der Waals surface area (Å²) in [4.78, 5) is 9.98. The summed E-state index contributed by atoms with van der Waals surface area (Å²) >= 11 is 1.77. The van der Waals surface area contributed by atoms with Crippen LogP contribution in [0, 0.1) is 13.8 Å². The minimum atomic E-state index is 0.173. The molecule has 0 spiro atoms. The number of aromatic nitrogens is 2. The first kappa shape index (κ1) is 12.2. The molecule has 17 heavy (non-hydrogen) atoms. The van der Waals surface area contributed by atoms with E-state index in [0.29, 0.717) is 0 Å². The van der Waals surface area contributed by atoms with Crippen LogP contribution in [0.3, 0.4) is 0 Å². The molecule has 0 aliphatic heterocycles. The second-order valence-electron chi connectivity index (χ2n) is 4.01. The highest BCUT2D eigenvalue weighted by molar-refractivity contribution is 7.10. The van der Waals surface area contributed by atoms with Crippen LogP contribution in [-0.2, 0) is 0 Å². The van der Waals surface area contributed by atoms with Crippen molar-refractivity contribution in [2.75, 3.05) is 6.54 Å². The van der Waals surface area contributed by atoms with Crippen molar-refractivity contribution < 1.29 is 0 Å². The average molecular weight is 247 g/mol. The quantitative estimate of drug-likeness (QED) is 0.902. The minimum Gasteiger partial charge on any atom is -0.305 e. The highest BCUT2D eigenvalue weighted by Gasteiger charge is 2.15. The molecule has 2 rings (SSSR count). The van der Waals surface area contributed by atoms with Crippen LogP contribution in [0.1, 0.15) is 34.9 Å². The molecule has 2 aromatic heterocycles. The van der Waals surface area contributed by atoms with Crippen LogP contribution in [0.5, 0.6) is 0 Å². The Morgan fingerprint density at radius 1 is 1.41 bits per heavy atom. The number of nitrogens with one attached hydrogen (secondary N) is 1. The van der Waals surface area contributed by atoms with Crippen LogP contribution in [0.15, 0.2) is 23.7 Å². The van der Waals surface area contributed by atoms with Crippen LogP contribution in [0.4, 0.5) is 0 Å². The number of aryl methyl sites for hydroxylation is 2. The largest absolute Gasteiger partial charge is 0.305 e. The van der Waals surface area contributed by atoms with E-state index in [2.05, 4.69) is 40.6 Å². The van der Waals surface area contributed by atoms with E-state index < -0.39 is 0 Å². The van der Waals surface area contributed by atoms with Gasteiger partial charge in [-0.05, 0) is 43.5 Å².